The first-order valence-corrected chi connectivity index (χ1v) is 10.7. The summed E-state index contributed by atoms with van der Waals surface area (Å²) in [5.41, 5.74) is 3.11. The van der Waals surface area contributed by atoms with Crippen molar-refractivity contribution in [2.45, 2.75) is 26.9 Å². The molecular formula is C25H20F3N3O2S. The average molecular weight is 484 g/mol. The van der Waals surface area contributed by atoms with E-state index in [0.29, 0.717) is 5.56 Å². The molecule has 0 saturated carbocycles. The topological polar surface area (TPSA) is 54.3 Å². The molecule has 1 N–H and O–H groups in total. The van der Waals surface area contributed by atoms with Crippen LogP contribution >= 0.6 is 12.2 Å². The van der Waals surface area contributed by atoms with Crippen LogP contribution in [0.25, 0.3) is 11.8 Å². The molecule has 2 heterocycles. The molecule has 34 heavy (non-hydrogen) atoms. The standard InChI is InChI=1S/C25H20F3N3O2S/c1-14-6-4-8-19(10-14)30-15(2)11-17(16(30)3)12-21-22(32)29-24(34)31(23(21)33)20-9-5-7-18(13-20)25(26,27)28/h4-13H,1-3H3,(H,29,32,34)/b21-12+. The molecule has 5 nitrogen and oxygen atoms in total. The van der Waals surface area contributed by atoms with Crippen molar-refractivity contribution in [2.75, 3.05) is 4.90 Å². The predicted octanol–water partition coefficient (Wildman–Crippen LogP) is 5.25. The number of carbonyl (C=O) groups excluding carboxylic acids is 2. The van der Waals surface area contributed by atoms with Gasteiger partial charge in [0.25, 0.3) is 11.8 Å². The summed E-state index contributed by atoms with van der Waals surface area (Å²) in [5, 5.41) is 2.13. The molecule has 2 aromatic carbocycles. The number of halogens is 3. The molecule has 0 unspecified atom stereocenters. The lowest BCUT2D eigenvalue weighted by Gasteiger charge is -2.29. The highest BCUT2D eigenvalue weighted by molar-refractivity contribution is 7.80. The maximum atomic E-state index is 13.3. The van der Waals surface area contributed by atoms with Crippen LogP contribution in [0.4, 0.5) is 18.9 Å². The number of aryl methyl sites for hydroxylation is 2. The van der Waals surface area contributed by atoms with Crippen LogP contribution in [0.15, 0.2) is 60.2 Å². The van der Waals surface area contributed by atoms with Gasteiger partial charge in [-0.25, -0.2) is 0 Å². The average Bonchev–Trinajstić information content (AvgIpc) is 3.03. The van der Waals surface area contributed by atoms with Gasteiger partial charge in [-0.1, -0.05) is 18.2 Å². The van der Waals surface area contributed by atoms with Crippen molar-refractivity contribution in [3.63, 3.8) is 0 Å². The zero-order valence-electron chi connectivity index (χ0n) is 18.5. The molecule has 1 fully saturated rings. The van der Waals surface area contributed by atoms with E-state index in [4.69, 9.17) is 12.2 Å². The fourth-order valence-corrected chi connectivity index (χ4v) is 4.25. The first-order valence-electron chi connectivity index (χ1n) is 10.3. The Bertz CT molecular complexity index is 1370. The van der Waals surface area contributed by atoms with Crippen molar-refractivity contribution in [3.8, 4) is 5.69 Å². The van der Waals surface area contributed by atoms with Gasteiger partial charge in [-0.3, -0.25) is 19.8 Å². The molecule has 0 atom stereocenters. The molecule has 0 aliphatic carbocycles. The molecule has 1 aliphatic heterocycles. The number of carbonyl (C=O) groups is 2. The van der Waals surface area contributed by atoms with Crippen molar-refractivity contribution in [2.24, 2.45) is 0 Å². The van der Waals surface area contributed by atoms with Crippen LogP contribution in [0.5, 0.6) is 0 Å². The van der Waals surface area contributed by atoms with Crippen molar-refractivity contribution in [1.82, 2.24) is 9.88 Å². The molecule has 2 amide bonds. The molecule has 1 aliphatic rings. The summed E-state index contributed by atoms with van der Waals surface area (Å²) < 4.78 is 41.6. The normalized spacial score (nSPS) is 15.8. The predicted molar refractivity (Wildman–Crippen MR) is 128 cm³/mol. The summed E-state index contributed by atoms with van der Waals surface area (Å²) in [6.45, 7) is 5.75. The quantitative estimate of drug-likeness (QED) is 0.314. The number of anilines is 1. The molecule has 9 heteroatoms. The Balaban J connectivity index is 1.76. The highest BCUT2D eigenvalue weighted by Crippen LogP contribution is 2.33. The number of nitrogens with one attached hydrogen (secondary N) is 1. The number of amides is 2. The van der Waals surface area contributed by atoms with E-state index in [1.165, 1.54) is 18.2 Å². The Morgan fingerprint density at radius 1 is 0.941 bits per heavy atom. The molecule has 0 spiro atoms. The second-order valence-electron chi connectivity index (χ2n) is 8.01. The van der Waals surface area contributed by atoms with Gasteiger partial charge in [-0.2, -0.15) is 13.2 Å². The summed E-state index contributed by atoms with van der Waals surface area (Å²) in [7, 11) is 0. The van der Waals surface area contributed by atoms with Crippen LogP contribution in [0, 0.1) is 20.8 Å². The molecule has 174 valence electrons. The minimum Gasteiger partial charge on any atom is -0.318 e. The van der Waals surface area contributed by atoms with E-state index in [1.807, 2.05) is 55.7 Å². The van der Waals surface area contributed by atoms with Gasteiger partial charge in [0.1, 0.15) is 5.57 Å². The fraction of sp³-hybridized carbons (Fsp3) is 0.160. The Kier molecular flexibility index (Phi) is 5.91. The minimum absolute atomic E-state index is 0.0824. The van der Waals surface area contributed by atoms with Crippen LogP contribution in [0.1, 0.15) is 28.1 Å². The number of rotatable bonds is 3. The van der Waals surface area contributed by atoms with Gasteiger partial charge >= 0.3 is 6.18 Å². The highest BCUT2D eigenvalue weighted by Gasteiger charge is 2.36. The summed E-state index contributed by atoms with van der Waals surface area (Å²) in [6.07, 6.45) is -3.15. The van der Waals surface area contributed by atoms with Crippen molar-refractivity contribution in [3.05, 3.63) is 88.2 Å². The number of benzene rings is 2. The van der Waals surface area contributed by atoms with Crippen LogP contribution in [0.2, 0.25) is 0 Å². The third-order valence-corrected chi connectivity index (χ3v) is 5.85. The zero-order valence-corrected chi connectivity index (χ0v) is 19.3. The number of hydrogen-bond donors (Lipinski definition) is 1. The maximum Gasteiger partial charge on any atom is 0.416 e. The van der Waals surface area contributed by atoms with E-state index >= 15 is 0 Å². The highest BCUT2D eigenvalue weighted by atomic mass is 32.1. The summed E-state index contributed by atoms with van der Waals surface area (Å²) in [6, 6.07) is 14.0. The smallest absolute Gasteiger partial charge is 0.318 e. The van der Waals surface area contributed by atoms with E-state index in [-0.39, 0.29) is 16.4 Å². The molecular weight excluding hydrogens is 463 g/mol. The minimum atomic E-state index is -4.59. The third-order valence-electron chi connectivity index (χ3n) is 5.56. The van der Waals surface area contributed by atoms with Gasteiger partial charge in [0.15, 0.2) is 5.11 Å². The molecule has 0 bridgehead atoms. The summed E-state index contributed by atoms with van der Waals surface area (Å²) in [5.74, 6) is -1.51. The van der Waals surface area contributed by atoms with Gasteiger partial charge in [0.2, 0.25) is 0 Å². The van der Waals surface area contributed by atoms with E-state index in [0.717, 1.165) is 39.7 Å². The Labute approximate surface area is 199 Å². The summed E-state index contributed by atoms with van der Waals surface area (Å²) in [4.78, 5) is 26.8. The van der Waals surface area contributed by atoms with Crippen LogP contribution in [-0.2, 0) is 15.8 Å². The monoisotopic (exact) mass is 483 g/mol. The lowest BCUT2D eigenvalue weighted by atomic mass is 10.1. The number of thiocarbonyl (C=S) groups is 1. The van der Waals surface area contributed by atoms with E-state index in [1.54, 1.807) is 0 Å². The second kappa shape index (κ2) is 8.57. The Morgan fingerprint density at radius 2 is 1.62 bits per heavy atom. The first kappa shape index (κ1) is 23.4. The van der Waals surface area contributed by atoms with Crippen LogP contribution < -0.4 is 10.2 Å². The van der Waals surface area contributed by atoms with Crippen LogP contribution in [0.3, 0.4) is 0 Å². The van der Waals surface area contributed by atoms with E-state index in [2.05, 4.69) is 5.32 Å². The van der Waals surface area contributed by atoms with Gasteiger partial charge in [-0.15, -0.1) is 0 Å². The van der Waals surface area contributed by atoms with Crippen LogP contribution in [-0.4, -0.2) is 21.5 Å². The Morgan fingerprint density at radius 3 is 2.29 bits per heavy atom. The van der Waals surface area contributed by atoms with Gasteiger partial charge in [0, 0.05) is 17.1 Å². The maximum absolute atomic E-state index is 13.3. The number of alkyl halides is 3. The third kappa shape index (κ3) is 4.26. The van der Waals surface area contributed by atoms with E-state index in [9.17, 15) is 22.8 Å². The molecule has 1 saturated heterocycles. The SMILES string of the molecule is Cc1cccc(-n2c(C)cc(/C=C3\C(=O)NC(=S)N(c4cccc(C(F)(F)F)c4)C3=O)c2C)c1. The van der Waals surface area contributed by atoms with Gasteiger partial charge in [-0.05, 0) is 86.6 Å². The fourth-order valence-electron chi connectivity index (χ4n) is 3.97. The molecule has 4 rings (SSSR count). The summed E-state index contributed by atoms with van der Waals surface area (Å²) >= 11 is 5.10. The number of hydrogen-bond acceptors (Lipinski definition) is 3. The Hall–Kier alpha value is -3.72. The second-order valence-corrected chi connectivity index (χ2v) is 8.39. The molecule has 3 aromatic rings. The molecule has 1 aromatic heterocycles. The van der Waals surface area contributed by atoms with Crippen molar-refractivity contribution < 1.29 is 22.8 Å². The lowest BCUT2D eigenvalue weighted by molar-refractivity contribution is -0.137. The number of nitrogens with zero attached hydrogens (tertiary/aromatic N) is 2. The molecule has 0 radical (unpaired) electrons. The number of aromatic nitrogens is 1. The van der Waals surface area contributed by atoms with E-state index < -0.39 is 23.6 Å². The van der Waals surface area contributed by atoms with Gasteiger partial charge in [0.05, 0.1) is 11.3 Å². The zero-order chi connectivity index (χ0) is 24.8. The largest absolute Gasteiger partial charge is 0.416 e. The lowest BCUT2D eigenvalue weighted by Crippen LogP contribution is -2.54. The first-order chi connectivity index (χ1) is 16.0. The van der Waals surface area contributed by atoms with Crippen molar-refractivity contribution >= 4 is 40.9 Å². The van der Waals surface area contributed by atoms with Crippen molar-refractivity contribution in [1.29, 1.82) is 0 Å². The van der Waals surface area contributed by atoms with Gasteiger partial charge < -0.3 is 4.57 Å².